The van der Waals surface area contributed by atoms with Crippen molar-refractivity contribution >= 4 is 11.7 Å². The lowest BCUT2D eigenvalue weighted by Gasteiger charge is -2.38. The largest absolute Gasteiger partial charge is 0.466 e. The summed E-state index contributed by atoms with van der Waals surface area (Å²) in [6.07, 6.45) is 1.41. The Morgan fingerprint density at radius 2 is 1.87 bits per heavy atom. The highest BCUT2D eigenvalue weighted by Crippen LogP contribution is 2.33. The predicted octanol–water partition coefficient (Wildman–Crippen LogP) is 4.64. The fourth-order valence-corrected chi connectivity index (χ4v) is 4.17. The molecular weight excluding hydrogens is 378 g/mol. The Hall–Kier alpha value is -3.02. The first-order chi connectivity index (χ1) is 14.6. The highest BCUT2D eigenvalue weighted by Gasteiger charge is 2.30. The zero-order valence-corrected chi connectivity index (χ0v) is 17.4. The second-order valence-electron chi connectivity index (χ2n) is 7.87. The van der Waals surface area contributed by atoms with E-state index in [4.69, 9.17) is 16.0 Å². The number of nitrogens with two attached hydrogens (primary N) is 1. The highest BCUT2D eigenvalue weighted by molar-refractivity contribution is 5.69. The molecular formula is C23H29N5O2. The van der Waals surface area contributed by atoms with Gasteiger partial charge in [0.15, 0.2) is 0 Å². The summed E-state index contributed by atoms with van der Waals surface area (Å²) in [5.74, 6) is 0.482. The first-order valence-corrected chi connectivity index (χ1v) is 10.4. The molecule has 0 saturated carbocycles. The molecule has 0 unspecified atom stereocenters. The number of rotatable bonds is 8. The van der Waals surface area contributed by atoms with E-state index >= 15 is 0 Å². The number of azide groups is 1. The smallest absolute Gasteiger partial charge is 0.306 e. The predicted molar refractivity (Wildman–Crippen MR) is 118 cm³/mol. The molecule has 2 atom stereocenters. The molecule has 0 radical (unpaired) electrons. The number of piperidine rings is 1. The van der Waals surface area contributed by atoms with Gasteiger partial charge in [0.05, 0.1) is 13.2 Å². The minimum atomic E-state index is -0.122. The fourth-order valence-electron chi connectivity index (χ4n) is 4.17. The molecule has 2 aromatic rings. The molecule has 7 nitrogen and oxygen atoms in total. The lowest BCUT2D eigenvalue weighted by molar-refractivity contribution is -0.144. The van der Waals surface area contributed by atoms with Gasteiger partial charge in [0.25, 0.3) is 0 Å². The number of nitrogen functional groups attached to an aromatic ring is 1. The van der Waals surface area contributed by atoms with Crippen molar-refractivity contribution in [3.05, 3.63) is 75.7 Å². The van der Waals surface area contributed by atoms with Crippen molar-refractivity contribution in [3.8, 4) is 0 Å². The van der Waals surface area contributed by atoms with Crippen molar-refractivity contribution in [3.63, 3.8) is 0 Å². The average Bonchev–Trinajstić information content (AvgIpc) is 2.74. The van der Waals surface area contributed by atoms with E-state index in [-0.39, 0.29) is 11.9 Å². The van der Waals surface area contributed by atoms with Crippen LogP contribution in [-0.2, 0) is 22.6 Å². The Kier molecular flexibility index (Phi) is 7.71. The zero-order valence-electron chi connectivity index (χ0n) is 17.4. The number of ether oxygens (including phenoxy) is 1. The molecule has 0 aliphatic carbocycles. The van der Waals surface area contributed by atoms with E-state index in [1.165, 1.54) is 11.1 Å². The number of nitrogens with zero attached hydrogens (tertiary/aromatic N) is 4. The molecule has 7 heteroatoms. The molecule has 158 valence electrons. The zero-order chi connectivity index (χ0) is 21.3. The van der Waals surface area contributed by atoms with Crippen molar-refractivity contribution in [2.24, 2.45) is 11.0 Å². The van der Waals surface area contributed by atoms with Crippen molar-refractivity contribution < 1.29 is 9.53 Å². The van der Waals surface area contributed by atoms with Gasteiger partial charge >= 0.3 is 5.97 Å². The SMILES string of the molecule is CCOC(=O)C[C@@H]1C[C@@H](c2ccc(N)cc2)CN(Cc2ccc(CN=[N+]=[N-])cc2)C1. The van der Waals surface area contributed by atoms with Crippen molar-refractivity contribution in [2.45, 2.75) is 38.8 Å². The van der Waals surface area contributed by atoms with Crippen LogP contribution in [0.4, 0.5) is 5.69 Å². The molecule has 0 aromatic heterocycles. The number of hydrogen-bond donors (Lipinski definition) is 1. The van der Waals surface area contributed by atoms with Gasteiger partial charge in [-0.15, -0.1) is 0 Å². The van der Waals surface area contributed by atoms with Gasteiger partial charge in [0.2, 0.25) is 0 Å². The van der Waals surface area contributed by atoms with E-state index in [0.29, 0.717) is 25.5 Å². The average molecular weight is 408 g/mol. The quantitative estimate of drug-likeness (QED) is 0.226. The molecule has 2 N–H and O–H groups in total. The third kappa shape index (κ3) is 6.24. The molecule has 0 spiro atoms. The molecule has 1 heterocycles. The molecule has 1 aliphatic heterocycles. The topological polar surface area (TPSA) is 104 Å². The van der Waals surface area contributed by atoms with Crippen LogP contribution in [0.2, 0.25) is 0 Å². The van der Waals surface area contributed by atoms with Gasteiger partial charge in [-0.05, 0) is 59.5 Å². The van der Waals surface area contributed by atoms with Gasteiger partial charge in [-0.1, -0.05) is 41.5 Å². The van der Waals surface area contributed by atoms with Gasteiger partial charge in [-0.3, -0.25) is 9.69 Å². The Labute approximate surface area is 177 Å². The van der Waals surface area contributed by atoms with Crippen LogP contribution in [0.1, 0.15) is 42.4 Å². The van der Waals surface area contributed by atoms with E-state index in [1.54, 1.807) is 0 Å². The molecule has 0 bridgehead atoms. The van der Waals surface area contributed by atoms with Gasteiger partial charge in [-0.2, -0.15) is 0 Å². The summed E-state index contributed by atoms with van der Waals surface area (Å²) in [7, 11) is 0. The Morgan fingerprint density at radius 3 is 2.53 bits per heavy atom. The van der Waals surface area contributed by atoms with Crippen LogP contribution in [0.3, 0.4) is 0 Å². The number of carbonyl (C=O) groups is 1. The van der Waals surface area contributed by atoms with Crippen LogP contribution in [0.5, 0.6) is 0 Å². The van der Waals surface area contributed by atoms with Gasteiger partial charge in [0.1, 0.15) is 0 Å². The summed E-state index contributed by atoms with van der Waals surface area (Å²) in [4.78, 5) is 17.3. The maximum atomic E-state index is 12.1. The Morgan fingerprint density at radius 1 is 1.17 bits per heavy atom. The van der Waals surface area contributed by atoms with Crippen molar-refractivity contribution in [1.29, 1.82) is 0 Å². The number of likely N-dealkylation sites (tertiary alicyclic amines) is 1. The minimum Gasteiger partial charge on any atom is -0.466 e. The fraction of sp³-hybridized carbons (Fsp3) is 0.435. The number of carbonyl (C=O) groups excluding carboxylic acids is 1. The summed E-state index contributed by atoms with van der Waals surface area (Å²) in [5.41, 5.74) is 18.5. The standard InChI is InChI=1S/C23H29N5O2/c1-2-30-23(29)12-19-11-21(20-7-9-22(24)10-8-20)16-28(15-19)14-18-5-3-17(4-6-18)13-26-27-25/h3-10,19,21H,2,11-16,24H2,1H3/t19-,21+/m0/s1. The summed E-state index contributed by atoms with van der Waals surface area (Å²) < 4.78 is 5.19. The van der Waals surface area contributed by atoms with E-state index in [9.17, 15) is 4.79 Å². The van der Waals surface area contributed by atoms with Crippen LogP contribution >= 0.6 is 0 Å². The first kappa shape index (κ1) is 21.7. The van der Waals surface area contributed by atoms with Crippen LogP contribution in [0.15, 0.2) is 53.6 Å². The third-order valence-corrected chi connectivity index (χ3v) is 5.53. The Balaban J connectivity index is 1.71. The number of esters is 1. The molecule has 2 aromatic carbocycles. The monoisotopic (exact) mass is 407 g/mol. The number of benzene rings is 2. The molecule has 0 amide bonds. The van der Waals surface area contributed by atoms with Crippen LogP contribution in [0.25, 0.3) is 10.4 Å². The molecule has 30 heavy (non-hydrogen) atoms. The lowest BCUT2D eigenvalue weighted by Crippen LogP contribution is -2.40. The summed E-state index contributed by atoms with van der Waals surface area (Å²) >= 11 is 0. The first-order valence-electron chi connectivity index (χ1n) is 10.4. The normalized spacial score (nSPS) is 19.1. The van der Waals surface area contributed by atoms with Gasteiger partial charge in [0, 0.05) is 36.7 Å². The second-order valence-corrected chi connectivity index (χ2v) is 7.87. The van der Waals surface area contributed by atoms with Crippen molar-refractivity contribution in [2.75, 3.05) is 25.4 Å². The highest BCUT2D eigenvalue weighted by atomic mass is 16.5. The minimum absolute atomic E-state index is 0.122. The summed E-state index contributed by atoms with van der Waals surface area (Å²) in [5, 5.41) is 3.61. The molecule has 3 rings (SSSR count). The second kappa shape index (κ2) is 10.7. The van der Waals surface area contributed by atoms with Crippen molar-refractivity contribution in [1.82, 2.24) is 4.90 Å². The van der Waals surface area contributed by atoms with E-state index in [0.717, 1.165) is 37.3 Å². The van der Waals surface area contributed by atoms with Crippen LogP contribution < -0.4 is 5.73 Å². The Bertz CT molecular complexity index is 875. The summed E-state index contributed by atoms with van der Waals surface area (Å²) in [6.45, 7) is 5.23. The number of anilines is 1. The maximum absolute atomic E-state index is 12.1. The summed E-state index contributed by atoms with van der Waals surface area (Å²) in [6, 6.07) is 16.2. The maximum Gasteiger partial charge on any atom is 0.306 e. The van der Waals surface area contributed by atoms with Crippen LogP contribution in [-0.4, -0.2) is 30.6 Å². The lowest BCUT2D eigenvalue weighted by atomic mass is 9.83. The van der Waals surface area contributed by atoms with E-state index < -0.39 is 0 Å². The molecule has 1 saturated heterocycles. The van der Waals surface area contributed by atoms with Gasteiger partial charge in [-0.25, -0.2) is 0 Å². The third-order valence-electron chi connectivity index (χ3n) is 5.53. The van der Waals surface area contributed by atoms with E-state index in [1.807, 2.05) is 31.2 Å². The number of hydrogen-bond acceptors (Lipinski definition) is 5. The molecule has 1 fully saturated rings. The van der Waals surface area contributed by atoms with Gasteiger partial charge < -0.3 is 10.5 Å². The van der Waals surface area contributed by atoms with Crippen LogP contribution in [0, 0.1) is 5.92 Å². The van der Waals surface area contributed by atoms with E-state index in [2.05, 4.69) is 39.2 Å². The molecule has 1 aliphatic rings.